The van der Waals surface area contributed by atoms with Crippen LogP contribution in [0.5, 0.6) is 0 Å². The van der Waals surface area contributed by atoms with Gasteiger partial charge in [0.2, 0.25) is 0 Å². The van der Waals surface area contributed by atoms with E-state index in [1.165, 1.54) is 6.92 Å². The van der Waals surface area contributed by atoms with E-state index in [0.717, 1.165) is 15.4 Å². The van der Waals surface area contributed by atoms with Crippen LogP contribution in [-0.2, 0) is 4.79 Å². The van der Waals surface area contributed by atoms with Gasteiger partial charge in [0, 0.05) is 15.4 Å². The quantitative estimate of drug-likeness (QED) is 0.602. The fraction of sp³-hybridized carbons (Fsp3) is 0.364. The number of carbonyl (C=O) groups is 1. The lowest BCUT2D eigenvalue weighted by atomic mass is 10.1. The van der Waals surface area contributed by atoms with E-state index >= 15 is 0 Å². The molecule has 1 rings (SSSR count). The maximum absolute atomic E-state index is 11.3. The Kier molecular flexibility index (Phi) is 5.03. The van der Waals surface area contributed by atoms with E-state index in [2.05, 4.69) is 0 Å². The SMILES string of the molecule is CSc1cccc(SC)c1C(Cl)C(C)=O. The second kappa shape index (κ2) is 5.83. The van der Waals surface area contributed by atoms with Crippen LogP contribution >= 0.6 is 35.1 Å². The number of thioether (sulfide) groups is 2. The molecule has 1 atom stereocenters. The summed E-state index contributed by atoms with van der Waals surface area (Å²) in [6.07, 6.45) is 3.99. The van der Waals surface area contributed by atoms with Gasteiger partial charge in [0.1, 0.15) is 5.38 Å². The Hall–Kier alpha value is -0.120. The van der Waals surface area contributed by atoms with E-state index in [9.17, 15) is 4.79 Å². The molecule has 1 aromatic rings. The minimum atomic E-state index is -0.531. The Balaban J connectivity index is 3.27. The van der Waals surface area contributed by atoms with E-state index in [0.29, 0.717) is 0 Å². The highest BCUT2D eigenvalue weighted by molar-refractivity contribution is 7.99. The number of rotatable bonds is 4. The molecule has 0 aliphatic rings. The zero-order valence-corrected chi connectivity index (χ0v) is 11.3. The average Bonchev–Trinajstić information content (AvgIpc) is 2.26. The van der Waals surface area contributed by atoms with Gasteiger partial charge in [-0.1, -0.05) is 6.07 Å². The zero-order valence-electron chi connectivity index (χ0n) is 8.91. The zero-order chi connectivity index (χ0) is 11.4. The lowest BCUT2D eigenvalue weighted by Gasteiger charge is -2.14. The van der Waals surface area contributed by atoms with Crippen LogP contribution in [0.15, 0.2) is 28.0 Å². The fourth-order valence-corrected chi connectivity index (χ4v) is 3.09. The lowest BCUT2D eigenvalue weighted by Crippen LogP contribution is -2.04. The number of Topliss-reactive ketones (excluding diaryl/α,β-unsaturated/α-hetero) is 1. The van der Waals surface area contributed by atoms with E-state index in [4.69, 9.17) is 11.6 Å². The highest BCUT2D eigenvalue weighted by Gasteiger charge is 2.20. The van der Waals surface area contributed by atoms with Crippen LogP contribution in [0.1, 0.15) is 17.9 Å². The second-order valence-electron chi connectivity index (χ2n) is 3.05. The van der Waals surface area contributed by atoms with Crippen molar-refractivity contribution < 1.29 is 4.79 Å². The molecule has 0 aliphatic carbocycles. The van der Waals surface area contributed by atoms with Crippen molar-refractivity contribution in [1.82, 2.24) is 0 Å². The van der Waals surface area contributed by atoms with Crippen molar-refractivity contribution in [2.45, 2.75) is 22.1 Å². The molecule has 0 bridgehead atoms. The largest absolute Gasteiger partial charge is 0.298 e. The van der Waals surface area contributed by atoms with Gasteiger partial charge in [0.05, 0.1) is 0 Å². The third kappa shape index (κ3) is 2.92. The molecule has 0 heterocycles. The summed E-state index contributed by atoms with van der Waals surface area (Å²) in [6, 6.07) is 5.99. The summed E-state index contributed by atoms with van der Waals surface area (Å²) in [4.78, 5) is 13.5. The molecule has 0 amide bonds. The third-order valence-electron chi connectivity index (χ3n) is 2.08. The summed E-state index contributed by atoms with van der Waals surface area (Å²) < 4.78 is 0. The maximum Gasteiger partial charge on any atom is 0.152 e. The third-order valence-corrected chi connectivity index (χ3v) is 4.19. The molecule has 1 unspecified atom stereocenters. The number of hydrogen-bond acceptors (Lipinski definition) is 3. The van der Waals surface area contributed by atoms with Crippen LogP contribution in [0.2, 0.25) is 0 Å². The average molecular weight is 261 g/mol. The minimum absolute atomic E-state index is 0.00605. The Bertz CT molecular complexity index is 343. The van der Waals surface area contributed by atoms with Crippen LogP contribution in [0, 0.1) is 0 Å². The predicted molar refractivity (Wildman–Crippen MR) is 69.3 cm³/mol. The maximum atomic E-state index is 11.3. The molecule has 4 heteroatoms. The first-order chi connectivity index (χ1) is 7.11. The molecule has 0 aliphatic heterocycles. The minimum Gasteiger partial charge on any atom is -0.298 e. The summed E-state index contributed by atoms with van der Waals surface area (Å²) in [7, 11) is 0. The van der Waals surface area contributed by atoms with Crippen LogP contribution in [0.25, 0.3) is 0 Å². The number of hydrogen-bond donors (Lipinski definition) is 0. The highest BCUT2D eigenvalue weighted by Crippen LogP contribution is 2.37. The van der Waals surface area contributed by atoms with Crippen molar-refractivity contribution in [2.24, 2.45) is 0 Å². The highest BCUT2D eigenvalue weighted by atomic mass is 35.5. The molecule has 1 nitrogen and oxygen atoms in total. The summed E-state index contributed by atoms with van der Waals surface area (Å²) in [5.41, 5.74) is 0.951. The van der Waals surface area contributed by atoms with Gasteiger partial charge in [-0.05, 0) is 31.6 Å². The summed E-state index contributed by atoms with van der Waals surface area (Å²) >= 11 is 9.37. The first-order valence-corrected chi connectivity index (χ1v) is 7.35. The van der Waals surface area contributed by atoms with E-state index in [-0.39, 0.29) is 5.78 Å². The molecule has 0 aromatic heterocycles. The predicted octanol–water partition coefficient (Wildman–Crippen LogP) is 4.00. The number of ketones is 1. The van der Waals surface area contributed by atoms with Gasteiger partial charge in [0.15, 0.2) is 5.78 Å². The van der Waals surface area contributed by atoms with E-state index < -0.39 is 5.38 Å². The van der Waals surface area contributed by atoms with Crippen LogP contribution < -0.4 is 0 Å². The van der Waals surface area contributed by atoms with Gasteiger partial charge >= 0.3 is 0 Å². The molecular formula is C11H13ClOS2. The van der Waals surface area contributed by atoms with Crippen molar-refractivity contribution in [3.8, 4) is 0 Å². The normalized spacial score (nSPS) is 12.5. The Morgan fingerprint density at radius 1 is 1.27 bits per heavy atom. The number of halogens is 1. The van der Waals surface area contributed by atoms with Crippen LogP contribution in [0.4, 0.5) is 0 Å². The first-order valence-electron chi connectivity index (χ1n) is 4.47. The van der Waals surface area contributed by atoms with Gasteiger partial charge < -0.3 is 0 Å². The van der Waals surface area contributed by atoms with Crippen LogP contribution in [-0.4, -0.2) is 18.3 Å². The fourth-order valence-electron chi connectivity index (χ4n) is 1.33. The van der Waals surface area contributed by atoms with Crippen molar-refractivity contribution in [2.75, 3.05) is 12.5 Å². The number of carbonyl (C=O) groups excluding carboxylic acids is 1. The van der Waals surface area contributed by atoms with E-state index in [1.807, 2.05) is 30.7 Å². The number of benzene rings is 1. The molecule has 15 heavy (non-hydrogen) atoms. The van der Waals surface area contributed by atoms with Gasteiger partial charge in [0.25, 0.3) is 0 Å². The molecule has 0 spiro atoms. The van der Waals surface area contributed by atoms with E-state index in [1.54, 1.807) is 23.5 Å². The molecule has 0 saturated heterocycles. The molecular weight excluding hydrogens is 248 g/mol. The first kappa shape index (κ1) is 12.9. The number of alkyl halides is 1. The Morgan fingerprint density at radius 3 is 2.07 bits per heavy atom. The van der Waals surface area contributed by atoms with Gasteiger partial charge in [-0.3, -0.25) is 4.79 Å². The molecule has 82 valence electrons. The Labute approximate surface area is 104 Å². The van der Waals surface area contributed by atoms with Crippen molar-refractivity contribution in [3.05, 3.63) is 23.8 Å². The smallest absolute Gasteiger partial charge is 0.152 e. The molecule has 0 saturated carbocycles. The summed E-state index contributed by atoms with van der Waals surface area (Å²) in [5.74, 6) is -0.00605. The van der Waals surface area contributed by atoms with Crippen LogP contribution in [0.3, 0.4) is 0 Å². The van der Waals surface area contributed by atoms with Crippen molar-refractivity contribution in [1.29, 1.82) is 0 Å². The Morgan fingerprint density at radius 2 is 1.73 bits per heavy atom. The summed E-state index contributed by atoms with van der Waals surface area (Å²) in [5, 5.41) is -0.531. The monoisotopic (exact) mass is 260 g/mol. The van der Waals surface area contributed by atoms with Gasteiger partial charge in [-0.15, -0.1) is 35.1 Å². The molecule has 0 fully saturated rings. The second-order valence-corrected chi connectivity index (χ2v) is 5.18. The van der Waals surface area contributed by atoms with Gasteiger partial charge in [-0.25, -0.2) is 0 Å². The lowest BCUT2D eigenvalue weighted by molar-refractivity contribution is -0.116. The standard InChI is InChI=1S/C11H13ClOS2/c1-7(13)11(12)10-8(14-2)5-4-6-9(10)15-3/h4-6,11H,1-3H3. The molecule has 1 aromatic carbocycles. The van der Waals surface area contributed by atoms with Crippen molar-refractivity contribution in [3.63, 3.8) is 0 Å². The molecule has 0 N–H and O–H groups in total. The topological polar surface area (TPSA) is 17.1 Å². The molecule has 0 radical (unpaired) electrons. The summed E-state index contributed by atoms with van der Waals surface area (Å²) in [6.45, 7) is 1.53. The van der Waals surface area contributed by atoms with Gasteiger partial charge in [-0.2, -0.15) is 0 Å². The van der Waals surface area contributed by atoms with Crippen molar-refractivity contribution >= 4 is 40.9 Å².